The van der Waals surface area contributed by atoms with Crippen LogP contribution in [0.3, 0.4) is 0 Å². The van der Waals surface area contributed by atoms with E-state index in [1.165, 1.54) is 5.56 Å². The number of rotatable bonds is 6. The molecular weight excluding hydrogens is 334 g/mol. The maximum atomic E-state index is 12.7. The number of piperazine rings is 1. The minimum absolute atomic E-state index is 0.170. The summed E-state index contributed by atoms with van der Waals surface area (Å²) in [6.07, 6.45) is 1.57. The zero-order valence-electron chi connectivity index (χ0n) is 14.9. The molecule has 0 radical (unpaired) electrons. The molecule has 0 saturated carbocycles. The molecule has 2 aliphatic heterocycles. The summed E-state index contributed by atoms with van der Waals surface area (Å²) < 4.78 is 0. The number of hydrogen-bond donors (Lipinski definition) is 0. The van der Waals surface area contributed by atoms with Crippen LogP contribution in [0, 0.1) is 0 Å². The second-order valence-electron chi connectivity index (χ2n) is 6.53. The molecule has 0 N–H and O–H groups in total. The second-order valence-corrected chi connectivity index (χ2v) is 7.92. The normalized spacial score (nSPS) is 17.6. The van der Waals surface area contributed by atoms with Gasteiger partial charge < -0.3 is 9.80 Å². The third kappa shape index (κ3) is 4.55. The molecule has 0 spiro atoms. The minimum Gasteiger partial charge on any atom is -0.340 e. The summed E-state index contributed by atoms with van der Waals surface area (Å²) in [5.74, 6) is 2.38. The molecule has 2 amide bonds. The summed E-state index contributed by atoms with van der Waals surface area (Å²) in [5.41, 5.74) is 2.32. The van der Waals surface area contributed by atoms with E-state index in [4.69, 9.17) is 0 Å². The molecule has 2 aliphatic rings. The maximum Gasteiger partial charge on any atom is 0.241 e. The van der Waals surface area contributed by atoms with Gasteiger partial charge in [0.05, 0.1) is 6.54 Å². The summed E-state index contributed by atoms with van der Waals surface area (Å²) in [6.45, 7) is 6.39. The molecule has 136 valence electrons. The first-order valence-corrected chi connectivity index (χ1v) is 10.3. The number of fused-ring (bicyclic) bond motifs is 1. The topological polar surface area (TPSA) is 43.9 Å². The number of carbonyl (C=O) groups is 2. The molecule has 1 saturated heterocycles. The van der Waals surface area contributed by atoms with E-state index in [1.807, 2.05) is 39.8 Å². The van der Waals surface area contributed by atoms with E-state index in [0.29, 0.717) is 13.0 Å². The largest absolute Gasteiger partial charge is 0.340 e. The number of nitrogens with zero attached hydrogens (tertiary/aromatic N) is 3. The van der Waals surface area contributed by atoms with Crippen LogP contribution in [0.4, 0.5) is 5.69 Å². The van der Waals surface area contributed by atoms with Crippen molar-refractivity contribution in [2.45, 2.75) is 19.8 Å². The molecule has 0 aliphatic carbocycles. The van der Waals surface area contributed by atoms with Gasteiger partial charge in [0, 0.05) is 50.6 Å². The van der Waals surface area contributed by atoms with Gasteiger partial charge in [-0.2, -0.15) is 11.8 Å². The predicted octanol–water partition coefficient (Wildman–Crippen LogP) is 1.86. The van der Waals surface area contributed by atoms with E-state index in [2.05, 4.69) is 17.9 Å². The van der Waals surface area contributed by atoms with Crippen LogP contribution in [0.2, 0.25) is 0 Å². The Morgan fingerprint density at radius 1 is 1.04 bits per heavy atom. The van der Waals surface area contributed by atoms with Crippen molar-refractivity contribution >= 4 is 29.3 Å². The summed E-state index contributed by atoms with van der Waals surface area (Å²) in [4.78, 5) is 30.9. The lowest BCUT2D eigenvalue weighted by molar-refractivity contribution is -0.132. The number of benzene rings is 1. The molecule has 1 fully saturated rings. The van der Waals surface area contributed by atoms with E-state index < -0.39 is 0 Å². The third-order valence-corrected chi connectivity index (χ3v) is 5.84. The molecular formula is C19H27N3O2S. The number of hydrogen-bond acceptors (Lipinski definition) is 4. The first-order chi connectivity index (χ1) is 12.2. The maximum absolute atomic E-state index is 12.7. The highest BCUT2D eigenvalue weighted by Crippen LogP contribution is 2.27. The summed E-state index contributed by atoms with van der Waals surface area (Å²) in [5, 5.41) is 0. The highest BCUT2D eigenvalue weighted by Gasteiger charge is 2.27. The summed E-state index contributed by atoms with van der Waals surface area (Å²) in [6, 6.07) is 8.16. The van der Waals surface area contributed by atoms with Crippen LogP contribution in [-0.4, -0.2) is 72.4 Å². The second kappa shape index (κ2) is 8.72. The van der Waals surface area contributed by atoms with Gasteiger partial charge in [0.1, 0.15) is 0 Å². The van der Waals surface area contributed by atoms with E-state index >= 15 is 0 Å². The fourth-order valence-corrected chi connectivity index (χ4v) is 4.10. The molecule has 1 aromatic rings. The molecule has 0 unspecified atom stereocenters. The number of thioether (sulfide) groups is 1. The van der Waals surface area contributed by atoms with Gasteiger partial charge in [-0.3, -0.25) is 14.5 Å². The zero-order valence-corrected chi connectivity index (χ0v) is 15.8. The Hall–Kier alpha value is -1.53. The van der Waals surface area contributed by atoms with E-state index in [0.717, 1.165) is 56.3 Å². The molecule has 6 heteroatoms. The van der Waals surface area contributed by atoms with Crippen molar-refractivity contribution in [2.75, 3.05) is 55.7 Å². The third-order valence-electron chi connectivity index (χ3n) is 4.94. The first-order valence-electron chi connectivity index (χ1n) is 9.15. The summed E-state index contributed by atoms with van der Waals surface area (Å²) in [7, 11) is 0. The van der Waals surface area contributed by atoms with Crippen molar-refractivity contribution in [1.29, 1.82) is 0 Å². The molecule has 5 nitrogen and oxygen atoms in total. The standard InChI is InChI=1S/C19H27N3O2S/c1-2-25-14-8-18(23)21-12-10-20(11-13-21)15-19(24)22-9-7-16-5-3-4-6-17(16)22/h3-6H,2,7-15H2,1H3. The van der Waals surface area contributed by atoms with Gasteiger partial charge >= 0.3 is 0 Å². The van der Waals surface area contributed by atoms with Gasteiger partial charge in [0.2, 0.25) is 11.8 Å². The van der Waals surface area contributed by atoms with Crippen molar-refractivity contribution in [2.24, 2.45) is 0 Å². The number of anilines is 1. The number of amides is 2. The Balaban J connectivity index is 1.45. The van der Waals surface area contributed by atoms with Gasteiger partial charge in [-0.1, -0.05) is 25.1 Å². The quantitative estimate of drug-likeness (QED) is 0.726. The summed E-state index contributed by atoms with van der Waals surface area (Å²) >= 11 is 1.81. The van der Waals surface area contributed by atoms with Crippen LogP contribution in [0.5, 0.6) is 0 Å². The molecule has 0 bridgehead atoms. The molecule has 0 aromatic heterocycles. The Morgan fingerprint density at radius 3 is 2.56 bits per heavy atom. The average molecular weight is 362 g/mol. The first kappa shape index (κ1) is 18.3. The van der Waals surface area contributed by atoms with Crippen molar-refractivity contribution < 1.29 is 9.59 Å². The van der Waals surface area contributed by atoms with E-state index in [1.54, 1.807) is 0 Å². The monoisotopic (exact) mass is 361 g/mol. The lowest BCUT2D eigenvalue weighted by atomic mass is 10.2. The van der Waals surface area contributed by atoms with E-state index in [9.17, 15) is 9.59 Å². The van der Waals surface area contributed by atoms with Crippen LogP contribution < -0.4 is 4.90 Å². The fourth-order valence-electron chi connectivity index (χ4n) is 3.49. The Labute approximate surface area is 154 Å². The Morgan fingerprint density at radius 2 is 1.80 bits per heavy atom. The zero-order chi connectivity index (χ0) is 17.6. The molecule has 0 atom stereocenters. The number of carbonyl (C=O) groups excluding carboxylic acids is 2. The Kier molecular flexibility index (Phi) is 6.37. The predicted molar refractivity (Wildman–Crippen MR) is 103 cm³/mol. The highest BCUT2D eigenvalue weighted by atomic mass is 32.2. The van der Waals surface area contributed by atoms with Crippen molar-refractivity contribution in [3.05, 3.63) is 29.8 Å². The van der Waals surface area contributed by atoms with Crippen LogP contribution in [0.15, 0.2) is 24.3 Å². The fraction of sp³-hybridized carbons (Fsp3) is 0.579. The lowest BCUT2D eigenvalue weighted by Gasteiger charge is -2.35. The van der Waals surface area contributed by atoms with Gasteiger partial charge in [0.25, 0.3) is 0 Å². The van der Waals surface area contributed by atoms with Gasteiger partial charge in [-0.05, 0) is 23.8 Å². The van der Waals surface area contributed by atoms with Gasteiger partial charge in [-0.25, -0.2) is 0 Å². The molecule has 1 aromatic carbocycles. The van der Waals surface area contributed by atoms with Gasteiger partial charge in [-0.15, -0.1) is 0 Å². The Bertz CT molecular complexity index is 614. The van der Waals surface area contributed by atoms with Crippen LogP contribution >= 0.6 is 11.8 Å². The van der Waals surface area contributed by atoms with E-state index in [-0.39, 0.29) is 11.8 Å². The number of para-hydroxylation sites is 1. The highest BCUT2D eigenvalue weighted by molar-refractivity contribution is 7.99. The molecule has 25 heavy (non-hydrogen) atoms. The van der Waals surface area contributed by atoms with Gasteiger partial charge in [0.15, 0.2) is 0 Å². The van der Waals surface area contributed by atoms with Crippen molar-refractivity contribution in [1.82, 2.24) is 9.80 Å². The van der Waals surface area contributed by atoms with Crippen molar-refractivity contribution in [3.63, 3.8) is 0 Å². The van der Waals surface area contributed by atoms with Crippen molar-refractivity contribution in [3.8, 4) is 0 Å². The minimum atomic E-state index is 0.170. The molecule has 3 rings (SSSR count). The van der Waals surface area contributed by atoms with Crippen LogP contribution in [-0.2, 0) is 16.0 Å². The van der Waals surface area contributed by atoms with Crippen LogP contribution in [0.1, 0.15) is 18.9 Å². The smallest absolute Gasteiger partial charge is 0.241 e. The average Bonchev–Trinajstić information content (AvgIpc) is 3.06. The SMILES string of the molecule is CCSCCC(=O)N1CCN(CC(=O)N2CCc3ccccc32)CC1. The lowest BCUT2D eigenvalue weighted by Crippen LogP contribution is -2.51. The van der Waals surface area contributed by atoms with Crippen LogP contribution in [0.25, 0.3) is 0 Å². The molecule has 2 heterocycles.